The minimum absolute atomic E-state index is 0.0442. The average Bonchev–Trinajstić information content (AvgIpc) is 3.21. The number of carbonyl (C=O) groups excluding carboxylic acids is 1. The molecule has 5 rings (SSSR count). The van der Waals surface area contributed by atoms with Gasteiger partial charge in [0.25, 0.3) is 5.91 Å². The molecule has 0 unspecified atom stereocenters. The van der Waals surface area contributed by atoms with Crippen LogP contribution in [0.25, 0.3) is 6.08 Å². The zero-order chi connectivity index (χ0) is 25.8. The van der Waals surface area contributed by atoms with Crippen molar-refractivity contribution >= 4 is 57.8 Å². The number of carbonyl (C=O) groups is 1. The van der Waals surface area contributed by atoms with E-state index in [-0.39, 0.29) is 11.9 Å². The maximum Gasteiger partial charge on any atom is 0.267 e. The number of hydrogen-bond donors (Lipinski definition) is 0. The molecule has 2 fully saturated rings. The van der Waals surface area contributed by atoms with Crippen LogP contribution in [0.5, 0.6) is 5.75 Å². The van der Waals surface area contributed by atoms with Crippen LogP contribution in [0.1, 0.15) is 48.8 Å². The zero-order valence-electron chi connectivity index (χ0n) is 20.6. The molecule has 1 saturated heterocycles. The quantitative estimate of drug-likeness (QED) is 0.288. The minimum atomic E-state index is 0.0442. The summed E-state index contributed by atoms with van der Waals surface area (Å²) in [6, 6.07) is 21.5. The number of halogens is 2. The van der Waals surface area contributed by atoms with Gasteiger partial charge in [0.15, 0.2) is 5.17 Å². The summed E-state index contributed by atoms with van der Waals surface area (Å²) in [7, 11) is 0. The van der Waals surface area contributed by atoms with Gasteiger partial charge in [0.2, 0.25) is 0 Å². The highest BCUT2D eigenvalue weighted by molar-refractivity contribution is 8.18. The van der Waals surface area contributed by atoms with E-state index in [0.717, 1.165) is 53.4 Å². The summed E-state index contributed by atoms with van der Waals surface area (Å²) in [5.41, 5.74) is 3.94. The fraction of sp³-hybridized carbons (Fsp3) is 0.267. The topological polar surface area (TPSA) is 41.9 Å². The van der Waals surface area contributed by atoms with Gasteiger partial charge in [0, 0.05) is 6.04 Å². The fourth-order valence-corrected chi connectivity index (χ4v) is 5.94. The Morgan fingerprint density at radius 1 is 0.973 bits per heavy atom. The summed E-state index contributed by atoms with van der Waals surface area (Å²) in [5.74, 6) is 0.784. The zero-order valence-corrected chi connectivity index (χ0v) is 23.0. The van der Waals surface area contributed by atoms with E-state index in [1.165, 1.54) is 23.7 Å². The van der Waals surface area contributed by atoms with Crippen LogP contribution < -0.4 is 4.74 Å². The van der Waals surface area contributed by atoms with Crippen molar-refractivity contribution in [1.29, 1.82) is 0 Å². The smallest absolute Gasteiger partial charge is 0.267 e. The molecular weight excluding hydrogens is 523 g/mol. The van der Waals surface area contributed by atoms with Gasteiger partial charge in [-0.05, 0) is 85.1 Å². The fourth-order valence-electron chi connectivity index (χ4n) is 4.56. The Morgan fingerprint density at radius 2 is 1.70 bits per heavy atom. The second-order valence-electron chi connectivity index (χ2n) is 9.41. The van der Waals surface area contributed by atoms with E-state index in [1.807, 2.05) is 65.6 Å². The lowest BCUT2D eigenvalue weighted by atomic mass is 9.94. The van der Waals surface area contributed by atoms with E-state index in [2.05, 4.69) is 6.92 Å². The van der Waals surface area contributed by atoms with Crippen molar-refractivity contribution in [3.8, 4) is 5.75 Å². The van der Waals surface area contributed by atoms with Crippen LogP contribution in [-0.2, 0) is 11.4 Å². The van der Waals surface area contributed by atoms with Gasteiger partial charge in [0.05, 0.1) is 20.6 Å². The normalized spacial score (nSPS) is 18.7. The molecule has 1 amide bonds. The first-order valence-corrected chi connectivity index (χ1v) is 14.1. The maximum atomic E-state index is 13.6. The third-order valence-corrected chi connectivity index (χ3v) is 8.32. The summed E-state index contributed by atoms with van der Waals surface area (Å²) in [6.45, 7) is 2.45. The number of amidine groups is 1. The Kier molecular flexibility index (Phi) is 8.23. The van der Waals surface area contributed by atoms with E-state index in [4.69, 9.17) is 32.9 Å². The highest BCUT2D eigenvalue weighted by Crippen LogP contribution is 2.38. The van der Waals surface area contributed by atoms with Crippen molar-refractivity contribution in [3.63, 3.8) is 0 Å². The summed E-state index contributed by atoms with van der Waals surface area (Å²) < 4.78 is 5.90. The highest BCUT2D eigenvalue weighted by atomic mass is 35.5. The van der Waals surface area contributed by atoms with Gasteiger partial charge in [-0.1, -0.05) is 78.4 Å². The van der Waals surface area contributed by atoms with Crippen molar-refractivity contribution in [3.05, 3.63) is 98.4 Å². The van der Waals surface area contributed by atoms with Gasteiger partial charge in [-0.3, -0.25) is 9.69 Å². The average molecular weight is 552 g/mol. The summed E-state index contributed by atoms with van der Waals surface area (Å²) in [4.78, 5) is 21.1. The van der Waals surface area contributed by atoms with Crippen molar-refractivity contribution in [2.75, 3.05) is 0 Å². The molecule has 0 N–H and O–H groups in total. The first kappa shape index (κ1) is 25.9. The second kappa shape index (κ2) is 11.8. The van der Waals surface area contributed by atoms with Gasteiger partial charge >= 0.3 is 0 Å². The maximum absolute atomic E-state index is 13.6. The lowest BCUT2D eigenvalue weighted by Gasteiger charge is -2.30. The van der Waals surface area contributed by atoms with Crippen LogP contribution >= 0.6 is 35.0 Å². The van der Waals surface area contributed by atoms with Gasteiger partial charge in [-0.25, -0.2) is 4.99 Å². The SMILES string of the molecule is Cc1ccc(N=C2S/C(=C/c3ccc(OCc4ccc(Cl)c(Cl)c4)cc3)C(=O)N2C2CCCCC2)cc1. The van der Waals surface area contributed by atoms with E-state index in [0.29, 0.717) is 21.6 Å². The highest BCUT2D eigenvalue weighted by Gasteiger charge is 2.38. The number of amides is 1. The van der Waals surface area contributed by atoms with Crippen LogP contribution in [0, 0.1) is 6.92 Å². The number of hydrogen-bond acceptors (Lipinski definition) is 4. The molecule has 0 aromatic heterocycles. The predicted molar refractivity (Wildman–Crippen MR) is 155 cm³/mol. The Labute approximate surface area is 232 Å². The molecule has 1 saturated carbocycles. The van der Waals surface area contributed by atoms with Crippen LogP contribution in [0.4, 0.5) is 5.69 Å². The molecule has 1 aliphatic heterocycles. The van der Waals surface area contributed by atoms with Gasteiger partial charge < -0.3 is 4.74 Å². The molecule has 0 radical (unpaired) electrons. The molecule has 3 aromatic rings. The van der Waals surface area contributed by atoms with Crippen LogP contribution in [-0.4, -0.2) is 22.0 Å². The molecule has 1 heterocycles. The van der Waals surface area contributed by atoms with Gasteiger partial charge in [-0.15, -0.1) is 0 Å². The number of benzene rings is 3. The molecule has 190 valence electrons. The predicted octanol–water partition coefficient (Wildman–Crippen LogP) is 8.82. The minimum Gasteiger partial charge on any atom is -0.489 e. The van der Waals surface area contributed by atoms with Crippen LogP contribution in [0.3, 0.4) is 0 Å². The Hall–Kier alpha value is -2.73. The Balaban J connectivity index is 1.33. The Morgan fingerprint density at radius 3 is 2.41 bits per heavy atom. The molecule has 0 bridgehead atoms. The Bertz CT molecular complexity index is 1330. The van der Waals surface area contributed by atoms with E-state index < -0.39 is 0 Å². The molecule has 0 atom stereocenters. The third-order valence-electron chi connectivity index (χ3n) is 6.60. The summed E-state index contributed by atoms with van der Waals surface area (Å²) in [6.07, 6.45) is 7.54. The molecule has 37 heavy (non-hydrogen) atoms. The molecule has 4 nitrogen and oxygen atoms in total. The summed E-state index contributed by atoms with van der Waals surface area (Å²) >= 11 is 13.5. The number of nitrogens with zero attached hydrogens (tertiary/aromatic N) is 2. The number of thioether (sulfide) groups is 1. The summed E-state index contributed by atoms with van der Waals surface area (Å²) in [5, 5.41) is 1.81. The van der Waals surface area contributed by atoms with Crippen molar-refractivity contribution < 1.29 is 9.53 Å². The standard InChI is InChI=1S/C30H28Cl2N2O2S/c1-20-7-12-23(13-8-20)33-30-34(24-5-3-2-4-6-24)29(35)28(37-30)18-21-9-14-25(15-10-21)36-19-22-11-16-26(31)27(32)17-22/h7-18,24H,2-6,19H2,1H3/b28-18+,33-30?. The second-order valence-corrected chi connectivity index (χ2v) is 11.2. The van der Waals surface area contributed by atoms with E-state index >= 15 is 0 Å². The molecule has 0 spiro atoms. The molecule has 3 aromatic carbocycles. The van der Waals surface area contributed by atoms with Crippen LogP contribution in [0.2, 0.25) is 10.0 Å². The number of aryl methyl sites for hydroxylation is 1. The third kappa shape index (κ3) is 6.40. The monoisotopic (exact) mass is 550 g/mol. The number of ether oxygens (including phenoxy) is 1. The largest absolute Gasteiger partial charge is 0.489 e. The number of aliphatic imine (C=N–C) groups is 1. The van der Waals surface area contributed by atoms with Crippen molar-refractivity contribution in [1.82, 2.24) is 4.90 Å². The number of rotatable bonds is 6. The van der Waals surface area contributed by atoms with E-state index in [1.54, 1.807) is 12.1 Å². The van der Waals surface area contributed by atoms with Gasteiger partial charge in [0.1, 0.15) is 12.4 Å². The molecule has 1 aliphatic carbocycles. The van der Waals surface area contributed by atoms with Gasteiger partial charge in [-0.2, -0.15) is 0 Å². The van der Waals surface area contributed by atoms with Crippen molar-refractivity contribution in [2.45, 2.75) is 51.7 Å². The lowest BCUT2D eigenvalue weighted by Crippen LogP contribution is -2.40. The first-order chi connectivity index (χ1) is 18.0. The lowest BCUT2D eigenvalue weighted by molar-refractivity contribution is -0.124. The molecular formula is C30H28Cl2N2O2S. The van der Waals surface area contributed by atoms with E-state index in [9.17, 15) is 4.79 Å². The first-order valence-electron chi connectivity index (χ1n) is 12.5. The van der Waals surface area contributed by atoms with Crippen molar-refractivity contribution in [2.24, 2.45) is 4.99 Å². The molecule has 2 aliphatic rings. The molecule has 7 heteroatoms. The van der Waals surface area contributed by atoms with Crippen LogP contribution in [0.15, 0.2) is 76.6 Å².